The van der Waals surface area contributed by atoms with Crippen LogP contribution in [0.4, 0.5) is 0 Å². The van der Waals surface area contributed by atoms with E-state index in [2.05, 4.69) is 10.1 Å². The van der Waals surface area contributed by atoms with Gasteiger partial charge in [-0.15, -0.1) is 0 Å². The summed E-state index contributed by atoms with van der Waals surface area (Å²) in [7, 11) is 1.70. The van der Waals surface area contributed by atoms with E-state index in [0.29, 0.717) is 31.3 Å². The van der Waals surface area contributed by atoms with Gasteiger partial charge < -0.3 is 19.7 Å². The number of hydrogen-bond acceptors (Lipinski definition) is 6. The molecule has 0 bridgehead atoms. The summed E-state index contributed by atoms with van der Waals surface area (Å²) in [5.74, 6) is 1.28. The number of nitrogens with zero attached hydrogens (tertiary/aromatic N) is 2. The summed E-state index contributed by atoms with van der Waals surface area (Å²) in [5, 5.41) is 4.16. The molecule has 0 amide bonds. The number of aromatic nitrogens is 2. The van der Waals surface area contributed by atoms with Crippen molar-refractivity contribution in [2.45, 2.75) is 62.5 Å². The minimum absolute atomic E-state index is 0.183. The fourth-order valence-corrected chi connectivity index (χ4v) is 3.47. The molecular weight excluding hydrogens is 270 g/mol. The van der Waals surface area contributed by atoms with Crippen molar-refractivity contribution in [1.29, 1.82) is 0 Å². The normalized spacial score (nSPS) is 24.9. The van der Waals surface area contributed by atoms with Crippen LogP contribution in [0.15, 0.2) is 4.52 Å². The van der Waals surface area contributed by atoms with Crippen LogP contribution >= 0.6 is 0 Å². The lowest BCUT2D eigenvalue weighted by atomic mass is 9.80. The predicted octanol–water partition coefficient (Wildman–Crippen LogP) is 1.93. The highest BCUT2D eigenvalue weighted by molar-refractivity contribution is 5.05. The Morgan fingerprint density at radius 1 is 1.14 bits per heavy atom. The van der Waals surface area contributed by atoms with Crippen LogP contribution in [-0.4, -0.2) is 36.0 Å². The summed E-state index contributed by atoms with van der Waals surface area (Å²) in [6, 6.07) is 0. The molecule has 1 aromatic rings. The molecule has 1 aliphatic carbocycles. The van der Waals surface area contributed by atoms with Crippen molar-refractivity contribution in [3.63, 3.8) is 0 Å². The number of methoxy groups -OCH3 is 1. The third-order valence-corrected chi connectivity index (χ3v) is 4.92. The molecule has 0 unspecified atom stereocenters. The Balaban J connectivity index is 1.73. The number of nitrogens with two attached hydrogens (primary N) is 1. The lowest BCUT2D eigenvalue weighted by Crippen LogP contribution is -2.43. The highest BCUT2D eigenvalue weighted by Crippen LogP contribution is 2.34. The highest BCUT2D eigenvalue weighted by Gasteiger charge is 2.40. The summed E-state index contributed by atoms with van der Waals surface area (Å²) < 4.78 is 16.6. The first-order chi connectivity index (χ1) is 10.2. The molecule has 118 valence electrons. The van der Waals surface area contributed by atoms with E-state index in [1.54, 1.807) is 7.11 Å². The zero-order chi connectivity index (χ0) is 14.8. The van der Waals surface area contributed by atoms with Gasteiger partial charge in [-0.1, -0.05) is 24.4 Å². The van der Waals surface area contributed by atoms with Gasteiger partial charge >= 0.3 is 0 Å². The molecule has 1 aliphatic heterocycles. The monoisotopic (exact) mass is 295 g/mol. The third-order valence-electron chi connectivity index (χ3n) is 4.92. The molecule has 0 spiro atoms. The Labute approximate surface area is 125 Å². The molecule has 6 nitrogen and oxygen atoms in total. The molecule has 1 saturated heterocycles. The van der Waals surface area contributed by atoms with Gasteiger partial charge in [0.2, 0.25) is 11.7 Å². The SMILES string of the molecule is COC1(c2noc(CC3(N)CCCCC3)n2)CCOCC1. The maximum atomic E-state index is 6.47. The van der Waals surface area contributed by atoms with Crippen molar-refractivity contribution in [2.24, 2.45) is 5.73 Å². The summed E-state index contributed by atoms with van der Waals surface area (Å²) in [6.07, 6.45) is 7.92. The molecule has 2 fully saturated rings. The van der Waals surface area contributed by atoms with Crippen LogP contribution in [0, 0.1) is 0 Å². The van der Waals surface area contributed by atoms with E-state index in [-0.39, 0.29) is 5.54 Å². The topological polar surface area (TPSA) is 83.4 Å². The maximum absolute atomic E-state index is 6.47. The second-order valence-electron chi connectivity index (χ2n) is 6.42. The van der Waals surface area contributed by atoms with E-state index < -0.39 is 5.60 Å². The molecule has 3 rings (SSSR count). The van der Waals surface area contributed by atoms with Gasteiger partial charge in [-0.05, 0) is 12.8 Å². The Bertz CT molecular complexity index is 462. The first-order valence-corrected chi connectivity index (χ1v) is 7.91. The lowest BCUT2D eigenvalue weighted by molar-refractivity contribution is -0.101. The maximum Gasteiger partial charge on any atom is 0.228 e. The van der Waals surface area contributed by atoms with Gasteiger partial charge in [0, 0.05) is 45.1 Å². The van der Waals surface area contributed by atoms with Crippen LogP contribution in [0.25, 0.3) is 0 Å². The Morgan fingerprint density at radius 3 is 2.52 bits per heavy atom. The molecule has 1 aromatic heterocycles. The van der Waals surface area contributed by atoms with E-state index >= 15 is 0 Å². The van der Waals surface area contributed by atoms with Gasteiger partial charge in [-0.2, -0.15) is 4.98 Å². The predicted molar refractivity (Wildman–Crippen MR) is 76.7 cm³/mol. The zero-order valence-electron chi connectivity index (χ0n) is 12.8. The summed E-state index contributed by atoms with van der Waals surface area (Å²) in [6.45, 7) is 1.33. The van der Waals surface area contributed by atoms with E-state index in [0.717, 1.165) is 25.7 Å². The van der Waals surface area contributed by atoms with Crippen LogP contribution < -0.4 is 5.73 Å². The third kappa shape index (κ3) is 3.12. The second-order valence-corrected chi connectivity index (χ2v) is 6.42. The summed E-state index contributed by atoms with van der Waals surface area (Å²) >= 11 is 0. The van der Waals surface area contributed by atoms with Gasteiger partial charge in [0.1, 0.15) is 5.60 Å². The van der Waals surface area contributed by atoms with Crippen LogP contribution in [0.1, 0.15) is 56.7 Å². The summed E-state index contributed by atoms with van der Waals surface area (Å²) in [4.78, 5) is 4.58. The lowest BCUT2D eigenvalue weighted by Gasteiger charge is -2.33. The molecule has 21 heavy (non-hydrogen) atoms. The largest absolute Gasteiger partial charge is 0.381 e. The number of hydrogen-bond donors (Lipinski definition) is 1. The standard InChI is InChI=1S/C15H25N3O3/c1-19-15(7-9-20-10-8-15)13-17-12(21-18-13)11-14(16)5-3-2-4-6-14/h2-11,16H2,1H3. The highest BCUT2D eigenvalue weighted by atomic mass is 16.5. The zero-order valence-corrected chi connectivity index (χ0v) is 12.8. The second kappa shape index (κ2) is 6.02. The fraction of sp³-hybridized carbons (Fsp3) is 0.867. The van der Waals surface area contributed by atoms with Gasteiger partial charge in [0.05, 0.1) is 0 Å². The molecule has 2 aliphatic rings. The van der Waals surface area contributed by atoms with Gasteiger partial charge in [-0.3, -0.25) is 0 Å². The molecular formula is C15H25N3O3. The average Bonchev–Trinajstić information content (AvgIpc) is 2.97. The van der Waals surface area contributed by atoms with Crippen LogP contribution in [0.2, 0.25) is 0 Å². The van der Waals surface area contributed by atoms with Crippen molar-refractivity contribution in [1.82, 2.24) is 10.1 Å². The van der Waals surface area contributed by atoms with Crippen molar-refractivity contribution in [3.8, 4) is 0 Å². The van der Waals surface area contributed by atoms with Gasteiger partial charge in [-0.25, -0.2) is 0 Å². The minimum atomic E-state index is -0.464. The number of ether oxygens (including phenoxy) is 2. The Kier molecular flexibility index (Phi) is 4.28. The number of rotatable bonds is 4. The van der Waals surface area contributed by atoms with Crippen LogP contribution in [0.5, 0.6) is 0 Å². The molecule has 6 heteroatoms. The van der Waals surface area contributed by atoms with Gasteiger partial charge in [0.25, 0.3) is 0 Å². The smallest absolute Gasteiger partial charge is 0.228 e. The van der Waals surface area contributed by atoms with E-state index in [9.17, 15) is 0 Å². The van der Waals surface area contributed by atoms with Crippen molar-refractivity contribution in [3.05, 3.63) is 11.7 Å². The first kappa shape index (κ1) is 14.9. The van der Waals surface area contributed by atoms with E-state index in [4.69, 9.17) is 19.7 Å². The van der Waals surface area contributed by atoms with Crippen LogP contribution in [0.3, 0.4) is 0 Å². The average molecular weight is 295 g/mol. The van der Waals surface area contributed by atoms with Crippen molar-refractivity contribution >= 4 is 0 Å². The first-order valence-electron chi connectivity index (χ1n) is 7.91. The fourth-order valence-electron chi connectivity index (χ4n) is 3.47. The molecule has 0 aromatic carbocycles. The minimum Gasteiger partial charge on any atom is -0.381 e. The van der Waals surface area contributed by atoms with Gasteiger partial charge in [0.15, 0.2) is 0 Å². The quantitative estimate of drug-likeness (QED) is 0.913. The molecule has 0 radical (unpaired) electrons. The van der Waals surface area contributed by atoms with E-state index in [1.165, 1.54) is 19.3 Å². The Morgan fingerprint density at radius 2 is 1.86 bits per heavy atom. The van der Waals surface area contributed by atoms with Crippen LogP contribution in [-0.2, 0) is 21.5 Å². The van der Waals surface area contributed by atoms with E-state index in [1.807, 2.05) is 0 Å². The Hall–Kier alpha value is -0.980. The summed E-state index contributed by atoms with van der Waals surface area (Å²) in [5.41, 5.74) is 5.82. The van der Waals surface area contributed by atoms with Crippen molar-refractivity contribution in [2.75, 3.05) is 20.3 Å². The molecule has 2 N–H and O–H groups in total. The molecule has 1 saturated carbocycles. The van der Waals surface area contributed by atoms with Crippen molar-refractivity contribution < 1.29 is 14.0 Å². The molecule has 2 heterocycles. The molecule has 0 atom stereocenters.